The zero-order valence-electron chi connectivity index (χ0n) is 14.8. The van der Waals surface area contributed by atoms with Gasteiger partial charge in [-0.25, -0.2) is 14.2 Å². The van der Waals surface area contributed by atoms with Crippen LogP contribution in [0.3, 0.4) is 0 Å². The van der Waals surface area contributed by atoms with Crippen molar-refractivity contribution in [2.75, 3.05) is 0 Å². The normalized spacial score (nSPS) is 10.6. The van der Waals surface area contributed by atoms with Crippen LogP contribution in [0.2, 0.25) is 0 Å². The molecule has 0 aliphatic carbocycles. The van der Waals surface area contributed by atoms with Crippen molar-refractivity contribution in [3.63, 3.8) is 0 Å². The summed E-state index contributed by atoms with van der Waals surface area (Å²) in [6, 6.07) is 10.2. The number of rotatable bonds is 5. The maximum atomic E-state index is 14.3. The van der Waals surface area contributed by atoms with Crippen molar-refractivity contribution in [1.82, 2.24) is 9.97 Å². The van der Waals surface area contributed by atoms with Crippen LogP contribution in [0.1, 0.15) is 22.3 Å². The average Bonchev–Trinajstić information content (AvgIpc) is 2.61. The van der Waals surface area contributed by atoms with Gasteiger partial charge in [0.05, 0.1) is 0 Å². The molecule has 0 saturated carbocycles. The molecule has 2 aromatic carbocycles. The predicted octanol–water partition coefficient (Wildman–Crippen LogP) is 4.21. The number of nitrogens with one attached hydrogen (secondary N) is 1. The number of H-pyrrole nitrogens is 1. The number of hydrogen-bond acceptors (Lipinski definition) is 4. The number of benzene rings is 2. The lowest BCUT2D eigenvalue weighted by molar-refractivity contribution is 0.289. The third kappa shape index (κ3) is 4.08. The summed E-state index contributed by atoms with van der Waals surface area (Å²) in [6.07, 6.45) is 1.43. The van der Waals surface area contributed by atoms with Crippen LogP contribution < -0.4 is 15.2 Å². The summed E-state index contributed by atoms with van der Waals surface area (Å²) < 4.78 is 25.5. The lowest BCUT2D eigenvalue weighted by Crippen LogP contribution is -2.12. The highest BCUT2D eigenvalue weighted by atomic mass is 19.1. The number of nitrogens with zero attached hydrogens (tertiary/aromatic N) is 1. The standard InChI is InChI=1S/C20H19FN2O3/c1-12-4-6-16(8-13(12)2)26-18-7-5-15(9-17(18)21)11-25-19-14(3)10-22-20(24)23-19/h4-10H,11H2,1-3H3,(H,22,23,24). The number of aromatic nitrogens is 2. The first-order valence-electron chi connectivity index (χ1n) is 8.14. The summed E-state index contributed by atoms with van der Waals surface area (Å²) in [5.74, 6) is 0.566. The van der Waals surface area contributed by atoms with Gasteiger partial charge < -0.3 is 9.47 Å². The van der Waals surface area contributed by atoms with Crippen LogP contribution in [-0.4, -0.2) is 9.97 Å². The third-order valence-corrected chi connectivity index (χ3v) is 4.04. The topological polar surface area (TPSA) is 64.2 Å². The first-order valence-corrected chi connectivity index (χ1v) is 8.14. The van der Waals surface area contributed by atoms with Crippen LogP contribution in [0.25, 0.3) is 0 Å². The molecule has 0 atom stereocenters. The molecule has 3 rings (SSSR count). The first-order chi connectivity index (χ1) is 12.4. The zero-order chi connectivity index (χ0) is 18.7. The lowest BCUT2D eigenvalue weighted by Gasteiger charge is -2.11. The van der Waals surface area contributed by atoms with Crippen molar-refractivity contribution in [1.29, 1.82) is 0 Å². The largest absolute Gasteiger partial charge is 0.474 e. The number of ether oxygens (including phenoxy) is 2. The molecule has 0 unspecified atom stereocenters. The van der Waals surface area contributed by atoms with E-state index < -0.39 is 11.5 Å². The van der Waals surface area contributed by atoms with E-state index in [2.05, 4.69) is 9.97 Å². The van der Waals surface area contributed by atoms with E-state index in [9.17, 15) is 9.18 Å². The van der Waals surface area contributed by atoms with Gasteiger partial charge in [0.2, 0.25) is 0 Å². The van der Waals surface area contributed by atoms with Crippen LogP contribution in [0.5, 0.6) is 17.4 Å². The van der Waals surface area contributed by atoms with Crippen LogP contribution in [-0.2, 0) is 6.61 Å². The molecular weight excluding hydrogens is 335 g/mol. The maximum absolute atomic E-state index is 14.3. The van der Waals surface area contributed by atoms with Gasteiger partial charge in [-0.2, -0.15) is 0 Å². The Morgan fingerprint density at radius 1 is 1.04 bits per heavy atom. The molecule has 5 nitrogen and oxygen atoms in total. The highest BCUT2D eigenvalue weighted by Crippen LogP contribution is 2.27. The molecule has 0 radical (unpaired) electrons. The van der Waals surface area contributed by atoms with Gasteiger partial charge in [-0.15, -0.1) is 0 Å². The molecule has 1 N–H and O–H groups in total. The second-order valence-electron chi connectivity index (χ2n) is 6.10. The van der Waals surface area contributed by atoms with Crippen molar-refractivity contribution in [3.05, 3.63) is 81.2 Å². The monoisotopic (exact) mass is 354 g/mol. The third-order valence-electron chi connectivity index (χ3n) is 4.04. The van der Waals surface area contributed by atoms with Gasteiger partial charge in [0.15, 0.2) is 17.4 Å². The van der Waals surface area contributed by atoms with Crippen molar-refractivity contribution in [2.45, 2.75) is 27.4 Å². The van der Waals surface area contributed by atoms with Gasteiger partial charge in [-0.3, -0.25) is 4.98 Å². The molecule has 3 aromatic rings. The minimum Gasteiger partial charge on any atom is -0.474 e. The molecule has 1 aromatic heterocycles. The molecule has 0 aliphatic rings. The fourth-order valence-electron chi connectivity index (χ4n) is 2.37. The van der Waals surface area contributed by atoms with Gasteiger partial charge in [0.1, 0.15) is 12.4 Å². The Hall–Kier alpha value is -3.15. The van der Waals surface area contributed by atoms with Crippen molar-refractivity contribution >= 4 is 0 Å². The Morgan fingerprint density at radius 3 is 2.58 bits per heavy atom. The second kappa shape index (κ2) is 7.39. The summed E-state index contributed by atoms with van der Waals surface area (Å²) in [6.45, 7) is 5.86. The summed E-state index contributed by atoms with van der Waals surface area (Å²) in [5, 5.41) is 0. The quantitative estimate of drug-likeness (QED) is 0.746. The molecule has 0 amide bonds. The first kappa shape index (κ1) is 17.7. The molecule has 26 heavy (non-hydrogen) atoms. The minimum absolute atomic E-state index is 0.113. The Balaban J connectivity index is 1.71. The highest BCUT2D eigenvalue weighted by molar-refractivity contribution is 5.38. The second-order valence-corrected chi connectivity index (χ2v) is 6.10. The molecule has 0 aliphatic heterocycles. The molecule has 0 spiro atoms. The number of aryl methyl sites for hydroxylation is 3. The van der Waals surface area contributed by atoms with Gasteiger partial charge >= 0.3 is 5.69 Å². The van der Waals surface area contributed by atoms with Gasteiger partial charge in [-0.1, -0.05) is 12.1 Å². The summed E-state index contributed by atoms with van der Waals surface area (Å²) in [7, 11) is 0. The Bertz CT molecular complexity index is 999. The SMILES string of the molecule is Cc1ccc(Oc2ccc(COc3[nH]c(=O)ncc3C)cc2F)cc1C. The molecule has 0 saturated heterocycles. The van der Waals surface area contributed by atoms with Gasteiger partial charge in [0.25, 0.3) is 0 Å². The van der Waals surface area contributed by atoms with Crippen molar-refractivity contribution in [2.24, 2.45) is 0 Å². The van der Waals surface area contributed by atoms with E-state index in [0.29, 0.717) is 22.8 Å². The van der Waals surface area contributed by atoms with Crippen LogP contribution in [0, 0.1) is 26.6 Å². The predicted molar refractivity (Wildman–Crippen MR) is 96.3 cm³/mol. The molecule has 1 heterocycles. The van der Waals surface area contributed by atoms with Crippen molar-refractivity contribution in [3.8, 4) is 17.4 Å². The van der Waals surface area contributed by atoms with Crippen LogP contribution in [0.4, 0.5) is 4.39 Å². The fourth-order valence-corrected chi connectivity index (χ4v) is 2.37. The fraction of sp³-hybridized carbons (Fsp3) is 0.200. The van der Waals surface area contributed by atoms with Crippen molar-refractivity contribution < 1.29 is 13.9 Å². The van der Waals surface area contributed by atoms with Crippen LogP contribution >= 0.6 is 0 Å². The number of hydrogen-bond donors (Lipinski definition) is 1. The van der Waals surface area contributed by atoms with Gasteiger partial charge in [0, 0.05) is 11.8 Å². The molecule has 0 fully saturated rings. The highest BCUT2D eigenvalue weighted by Gasteiger charge is 2.08. The van der Waals surface area contributed by atoms with E-state index in [1.54, 1.807) is 25.1 Å². The lowest BCUT2D eigenvalue weighted by atomic mass is 10.1. The zero-order valence-corrected chi connectivity index (χ0v) is 14.8. The molecule has 6 heteroatoms. The summed E-state index contributed by atoms with van der Waals surface area (Å²) in [4.78, 5) is 17.4. The molecule has 0 bridgehead atoms. The smallest absolute Gasteiger partial charge is 0.347 e. The molecule has 134 valence electrons. The van der Waals surface area contributed by atoms with E-state index in [0.717, 1.165) is 11.1 Å². The number of aromatic amines is 1. The summed E-state index contributed by atoms with van der Waals surface area (Å²) >= 11 is 0. The Labute approximate surface area is 150 Å². The van der Waals surface area contributed by atoms with E-state index in [-0.39, 0.29) is 12.4 Å². The Morgan fingerprint density at radius 2 is 1.85 bits per heavy atom. The van der Waals surface area contributed by atoms with E-state index in [1.807, 2.05) is 26.0 Å². The van der Waals surface area contributed by atoms with E-state index in [4.69, 9.17) is 9.47 Å². The average molecular weight is 354 g/mol. The summed E-state index contributed by atoms with van der Waals surface area (Å²) in [5.41, 5.74) is 3.05. The molecular formula is C20H19FN2O3. The van der Waals surface area contributed by atoms with Gasteiger partial charge in [-0.05, 0) is 61.7 Å². The Kier molecular flexibility index (Phi) is 5.02. The number of halogens is 1. The maximum Gasteiger partial charge on any atom is 0.347 e. The van der Waals surface area contributed by atoms with E-state index >= 15 is 0 Å². The minimum atomic E-state index is -0.492. The van der Waals surface area contributed by atoms with Crippen LogP contribution in [0.15, 0.2) is 47.4 Å². The van der Waals surface area contributed by atoms with E-state index in [1.165, 1.54) is 12.3 Å².